The number of anilines is 1. The lowest BCUT2D eigenvalue weighted by molar-refractivity contribution is -0.126. The molecule has 0 bridgehead atoms. The lowest BCUT2D eigenvalue weighted by Crippen LogP contribution is -2.35. The van der Waals surface area contributed by atoms with Crippen LogP contribution in [0.2, 0.25) is 0 Å². The zero-order valence-corrected chi connectivity index (χ0v) is 19.4. The minimum atomic E-state index is -0.654. The molecule has 1 atom stereocenters. The third-order valence-electron chi connectivity index (χ3n) is 5.97. The summed E-state index contributed by atoms with van der Waals surface area (Å²) in [6.45, 7) is 2.98. The molecule has 0 aliphatic carbocycles. The summed E-state index contributed by atoms with van der Waals surface area (Å²) in [6, 6.07) is 20.5. The van der Waals surface area contributed by atoms with E-state index in [0.717, 1.165) is 43.9 Å². The van der Waals surface area contributed by atoms with Gasteiger partial charge in [0.15, 0.2) is 6.10 Å². The van der Waals surface area contributed by atoms with Gasteiger partial charge >= 0.3 is 0 Å². The Balaban J connectivity index is 1.35. The number of hydrogen-bond donors (Lipinski definition) is 1. The first-order valence-corrected chi connectivity index (χ1v) is 12.2. The van der Waals surface area contributed by atoms with Crippen molar-refractivity contribution in [3.05, 3.63) is 78.0 Å². The molecule has 2 aromatic carbocycles. The van der Waals surface area contributed by atoms with Gasteiger partial charge < -0.3 is 10.1 Å². The molecule has 0 radical (unpaired) electrons. The third kappa shape index (κ3) is 5.41. The molecule has 2 heterocycles. The number of methoxy groups -OCH3 is 1. The van der Waals surface area contributed by atoms with Crippen LogP contribution in [0.3, 0.4) is 0 Å². The second-order valence-corrected chi connectivity index (χ2v) is 8.91. The number of likely N-dealkylation sites (tertiary alicyclic amines) is 1. The van der Waals surface area contributed by atoms with Crippen LogP contribution in [0.4, 0.5) is 5.82 Å². The molecule has 168 valence electrons. The maximum absolute atomic E-state index is 12.9. The monoisotopic (exact) mass is 450 g/mol. The van der Waals surface area contributed by atoms with E-state index in [4.69, 9.17) is 4.74 Å². The number of carbonyl (C=O) groups is 1. The number of thioether (sulfide) groups is 1. The molecule has 1 aliphatic heterocycles. The van der Waals surface area contributed by atoms with Crippen molar-refractivity contribution in [1.82, 2.24) is 14.7 Å². The summed E-state index contributed by atoms with van der Waals surface area (Å²) in [7, 11) is 1.55. The number of aromatic nitrogens is 2. The van der Waals surface area contributed by atoms with Gasteiger partial charge in [-0.15, -0.1) is 11.8 Å². The molecule has 7 heteroatoms. The molecule has 6 nitrogen and oxygen atoms in total. The van der Waals surface area contributed by atoms with E-state index >= 15 is 0 Å². The topological polar surface area (TPSA) is 59.4 Å². The lowest BCUT2D eigenvalue weighted by Gasteiger charge is -2.32. The quantitative estimate of drug-likeness (QED) is 0.501. The summed E-state index contributed by atoms with van der Waals surface area (Å²) in [5.41, 5.74) is 2.18. The molecule has 32 heavy (non-hydrogen) atoms. The zero-order valence-electron chi connectivity index (χ0n) is 18.6. The SMILES string of the molecule is CO[C@H](C(=O)Nc1ccnn1C1CCN(Cc2ccc(SC)cc2)CC1)c1ccccc1. The minimum Gasteiger partial charge on any atom is -0.367 e. The molecule has 1 saturated heterocycles. The Labute approximate surface area is 194 Å². The maximum Gasteiger partial charge on any atom is 0.259 e. The Bertz CT molecular complexity index is 998. The smallest absolute Gasteiger partial charge is 0.259 e. The van der Waals surface area contributed by atoms with Gasteiger partial charge in [-0.1, -0.05) is 42.5 Å². The van der Waals surface area contributed by atoms with Gasteiger partial charge in [-0.05, 0) is 42.4 Å². The van der Waals surface area contributed by atoms with E-state index < -0.39 is 6.10 Å². The number of amides is 1. The van der Waals surface area contributed by atoms with Crippen molar-refractivity contribution < 1.29 is 9.53 Å². The zero-order chi connectivity index (χ0) is 22.3. The number of carbonyl (C=O) groups excluding carboxylic acids is 1. The van der Waals surface area contributed by atoms with Crippen LogP contribution < -0.4 is 5.32 Å². The standard InChI is InChI=1S/C25H30N4O2S/c1-31-24(20-6-4-3-5-7-20)25(30)27-23-12-15-26-29(23)21-13-16-28(17-14-21)18-19-8-10-22(32-2)11-9-19/h3-12,15,21,24H,13-14,16-18H2,1-2H3,(H,27,30)/t24-/m0/s1. The molecular formula is C25H30N4O2S. The molecule has 1 aliphatic rings. The van der Waals surface area contributed by atoms with Crippen LogP contribution in [-0.4, -0.2) is 47.0 Å². The second kappa shape index (κ2) is 10.8. The number of hydrogen-bond acceptors (Lipinski definition) is 5. The van der Waals surface area contributed by atoms with E-state index in [1.807, 2.05) is 41.1 Å². The normalized spacial score (nSPS) is 16.1. The fourth-order valence-electron chi connectivity index (χ4n) is 4.23. The van der Waals surface area contributed by atoms with Crippen LogP contribution in [0.15, 0.2) is 71.8 Å². The highest BCUT2D eigenvalue weighted by Gasteiger charge is 2.25. The first-order chi connectivity index (χ1) is 15.7. The molecule has 1 fully saturated rings. The maximum atomic E-state index is 12.9. The van der Waals surface area contributed by atoms with Gasteiger partial charge in [-0.25, -0.2) is 4.68 Å². The first kappa shape index (κ1) is 22.6. The van der Waals surface area contributed by atoms with Gasteiger partial charge in [0.1, 0.15) is 5.82 Å². The van der Waals surface area contributed by atoms with Gasteiger partial charge in [-0.2, -0.15) is 5.10 Å². The van der Waals surface area contributed by atoms with E-state index in [9.17, 15) is 4.79 Å². The number of benzene rings is 2. The Kier molecular flexibility index (Phi) is 7.63. The largest absolute Gasteiger partial charge is 0.367 e. The summed E-state index contributed by atoms with van der Waals surface area (Å²) in [6.07, 6.45) is 5.20. The van der Waals surface area contributed by atoms with E-state index in [0.29, 0.717) is 0 Å². The van der Waals surface area contributed by atoms with Crippen LogP contribution in [-0.2, 0) is 16.1 Å². The summed E-state index contributed by atoms with van der Waals surface area (Å²) in [5, 5.41) is 7.54. The van der Waals surface area contributed by atoms with Crippen molar-refractivity contribution in [1.29, 1.82) is 0 Å². The van der Waals surface area contributed by atoms with Crippen LogP contribution in [0, 0.1) is 0 Å². The fraction of sp³-hybridized carbons (Fsp3) is 0.360. The van der Waals surface area contributed by atoms with Crippen molar-refractivity contribution in [3.63, 3.8) is 0 Å². The molecule has 0 spiro atoms. The average molecular weight is 451 g/mol. The van der Waals surface area contributed by atoms with Gasteiger partial charge in [-0.3, -0.25) is 9.69 Å². The fourth-order valence-corrected chi connectivity index (χ4v) is 4.64. The third-order valence-corrected chi connectivity index (χ3v) is 6.71. The minimum absolute atomic E-state index is 0.188. The van der Waals surface area contributed by atoms with E-state index in [1.165, 1.54) is 10.5 Å². The van der Waals surface area contributed by atoms with Crippen molar-refractivity contribution in [3.8, 4) is 0 Å². The van der Waals surface area contributed by atoms with Gasteiger partial charge in [0.2, 0.25) is 0 Å². The summed E-state index contributed by atoms with van der Waals surface area (Å²) < 4.78 is 7.43. The Morgan fingerprint density at radius 1 is 1.12 bits per heavy atom. The average Bonchev–Trinajstić information content (AvgIpc) is 3.29. The predicted molar refractivity (Wildman–Crippen MR) is 129 cm³/mol. The van der Waals surface area contributed by atoms with E-state index in [-0.39, 0.29) is 11.9 Å². The molecule has 1 amide bonds. The molecule has 0 saturated carbocycles. The highest BCUT2D eigenvalue weighted by atomic mass is 32.2. The number of ether oxygens (including phenoxy) is 1. The van der Waals surface area contributed by atoms with Crippen LogP contribution in [0.5, 0.6) is 0 Å². The number of nitrogens with zero attached hydrogens (tertiary/aromatic N) is 3. The Morgan fingerprint density at radius 3 is 2.50 bits per heavy atom. The molecule has 1 aromatic heterocycles. The molecule has 3 aromatic rings. The van der Waals surface area contributed by atoms with Crippen LogP contribution >= 0.6 is 11.8 Å². The van der Waals surface area contributed by atoms with Gasteiger partial charge in [0.25, 0.3) is 5.91 Å². The van der Waals surface area contributed by atoms with Crippen molar-refractivity contribution >= 4 is 23.5 Å². The van der Waals surface area contributed by atoms with E-state index in [2.05, 4.69) is 45.8 Å². The van der Waals surface area contributed by atoms with Gasteiger partial charge in [0.05, 0.1) is 12.2 Å². The first-order valence-electron chi connectivity index (χ1n) is 11.0. The molecular weight excluding hydrogens is 420 g/mol. The Hall–Kier alpha value is -2.61. The summed E-state index contributed by atoms with van der Waals surface area (Å²) >= 11 is 1.77. The van der Waals surface area contributed by atoms with Gasteiger partial charge in [0, 0.05) is 37.7 Å². The predicted octanol–water partition coefficient (Wildman–Crippen LogP) is 4.77. The summed E-state index contributed by atoms with van der Waals surface area (Å²) in [5.74, 6) is 0.533. The number of piperidine rings is 1. The van der Waals surface area contributed by atoms with Crippen LogP contribution in [0.25, 0.3) is 0 Å². The molecule has 1 N–H and O–H groups in total. The Morgan fingerprint density at radius 2 is 1.84 bits per heavy atom. The van der Waals surface area contributed by atoms with Crippen molar-refractivity contribution in [2.45, 2.75) is 36.4 Å². The van der Waals surface area contributed by atoms with Crippen LogP contribution in [0.1, 0.15) is 36.1 Å². The number of nitrogens with one attached hydrogen (secondary N) is 1. The highest BCUT2D eigenvalue weighted by molar-refractivity contribution is 7.98. The highest BCUT2D eigenvalue weighted by Crippen LogP contribution is 2.27. The molecule has 4 rings (SSSR count). The second-order valence-electron chi connectivity index (χ2n) is 8.03. The lowest BCUT2D eigenvalue weighted by atomic mass is 10.0. The summed E-state index contributed by atoms with van der Waals surface area (Å²) in [4.78, 5) is 16.7. The molecule has 0 unspecified atom stereocenters. The number of rotatable bonds is 8. The van der Waals surface area contributed by atoms with E-state index in [1.54, 1.807) is 25.1 Å². The van der Waals surface area contributed by atoms with Crippen molar-refractivity contribution in [2.75, 3.05) is 31.8 Å². The van der Waals surface area contributed by atoms with Crippen molar-refractivity contribution in [2.24, 2.45) is 0 Å².